The van der Waals surface area contributed by atoms with Gasteiger partial charge in [-0.1, -0.05) is 13.0 Å². The van der Waals surface area contributed by atoms with Gasteiger partial charge in [0.1, 0.15) is 5.75 Å². The fraction of sp³-hybridized carbons (Fsp3) is 0.364. The number of carbonyl (C=O) groups is 1. The van der Waals surface area contributed by atoms with Crippen molar-refractivity contribution in [2.45, 2.75) is 13.8 Å². The van der Waals surface area contributed by atoms with E-state index >= 15 is 0 Å². The Labute approximate surface area is 113 Å². The number of halogens is 1. The molecule has 0 aromatic heterocycles. The number of benzene rings is 1. The van der Waals surface area contributed by atoms with Crippen LogP contribution in [0.25, 0.3) is 0 Å². The first kappa shape index (κ1) is 16.7. The standard InChI is InChI=1S/C11H16N2O3S.ClH/c1-3-17(15,16)7-11(14)13-10-6-9(12)5-4-8(10)2;/h4-6H,3,7,12H2,1-2H3,(H,13,14);1H. The summed E-state index contributed by atoms with van der Waals surface area (Å²) in [6.45, 7) is 3.32. The fourth-order valence-electron chi connectivity index (χ4n) is 1.26. The lowest BCUT2D eigenvalue weighted by Crippen LogP contribution is -2.24. The van der Waals surface area contributed by atoms with Gasteiger partial charge in [0.2, 0.25) is 5.91 Å². The lowest BCUT2D eigenvalue weighted by atomic mass is 10.2. The van der Waals surface area contributed by atoms with Crippen LogP contribution in [0.5, 0.6) is 0 Å². The molecule has 1 amide bonds. The van der Waals surface area contributed by atoms with Gasteiger partial charge in [-0.25, -0.2) is 8.42 Å². The van der Waals surface area contributed by atoms with Crippen LogP contribution in [0.4, 0.5) is 11.4 Å². The number of aryl methyl sites for hydroxylation is 1. The van der Waals surface area contributed by atoms with Gasteiger partial charge in [0.15, 0.2) is 9.84 Å². The predicted molar refractivity (Wildman–Crippen MR) is 75.8 cm³/mol. The number of anilines is 2. The van der Waals surface area contributed by atoms with Crippen LogP contribution in [-0.2, 0) is 14.6 Å². The maximum absolute atomic E-state index is 11.5. The number of nitrogens with two attached hydrogens (primary N) is 1. The molecule has 0 heterocycles. The van der Waals surface area contributed by atoms with Crippen LogP contribution in [0.2, 0.25) is 0 Å². The summed E-state index contributed by atoms with van der Waals surface area (Å²) in [6, 6.07) is 5.08. The molecule has 3 N–H and O–H groups in total. The Bertz CT molecular complexity index is 529. The maximum Gasteiger partial charge on any atom is 0.239 e. The highest BCUT2D eigenvalue weighted by molar-refractivity contribution is 7.92. The van der Waals surface area contributed by atoms with E-state index in [0.29, 0.717) is 11.4 Å². The molecule has 5 nitrogen and oxygen atoms in total. The molecule has 0 aliphatic rings. The Morgan fingerprint density at radius 1 is 1.39 bits per heavy atom. The first-order chi connectivity index (χ1) is 7.84. The molecule has 0 radical (unpaired) electrons. The SMILES string of the molecule is CCS(=O)(=O)CC(=O)Nc1cc(N)ccc1C.Cl. The summed E-state index contributed by atoms with van der Waals surface area (Å²) in [5, 5.41) is 2.54. The molecule has 0 fully saturated rings. The van der Waals surface area contributed by atoms with Crippen LogP contribution >= 0.6 is 12.4 Å². The van der Waals surface area contributed by atoms with Crippen molar-refractivity contribution in [1.29, 1.82) is 0 Å². The van der Waals surface area contributed by atoms with Crippen LogP contribution in [0.1, 0.15) is 12.5 Å². The van der Waals surface area contributed by atoms with Crippen molar-refractivity contribution in [3.8, 4) is 0 Å². The molecular formula is C11H17ClN2O3S. The van der Waals surface area contributed by atoms with Crippen molar-refractivity contribution in [3.05, 3.63) is 23.8 Å². The zero-order valence-corrected chi connectivity index (χ0v) is 11.9. The summed E-state index contributed by atoms with van der Waals surface area (Å²) in [6.07, 6.45) is 0. The Balaban J connectivity index is 0.00000289. The fourth-order valence-corrected chi connectivity index (χ4v) is 1.94. The van der Waals surface area contributed by atoms with Gasteiger partial charge in [0.25, 0.3) is 0 Å². The minimum atomic E-state index is -3.31. The zero-order valence-electron chi connectivity index (χ0n) is 10.3. The monoisotopic (exact) mass is 292 g/mol. The highest BCUT2D eigenvalue weighted by Gasteiger charge is 2.14. The molecule has 0 atom stereocenters. The number of nitrogen functional groups attached to an aromatic ring is 1. The quantitative estimate of drug-likeness (QED) is 0.820. The number of amides is 1. The molecule has 0 aliphatic heterocycles. The van der Waals surface area contributed by atoms with E-state index < -0.39 is 21.5 Å². The number of hydrogen-bond acceptors (Lipinski definition) is 4. The smallest absolute Gasteiger partial charge is 0.239 e. The van der Waals surface area contributed by atoms with Gasteiger partial charge in [0.05, 0.1) is 0 Å². The maximum atomic E-state index is 11.5. The molecule has 18 heavy (non-hydrogen) atoms. The van der Waals surface area contributed by atoms with Gasteiger partial charge in [-0.2, -0.15) is 0 Å². The summed E-state index contributed by atoms with van der Waals surface area (Å²) in [4.78, 5) is 11.5. The third kappa shape index (κ3) is 4.93. The normalized spacial score (nSPS) is 10.6. The second kappa shape index (κ2) is 6.61. The Morgan fingerprint density at radius 3 is 2.56 bits per heavy atom. The van der Waals surface area contributed by atoms with Gasteiger partial charge < -0.3 is 11.1 Å². The lowest BCUT2D eigenvalue weighted by Gasteiger charge is -2.09. The third-order valence-electron chi connectivity index (χ3n) is 2.33. The van der Waals surface area contributed by atoms with E-state index in [0.717, 1.165) is 5.56 Å². The first-order valence-corrected chi connectivity index (χ1v) is 7.02. The van der Waals surface area contributed by atoms with Crippen molar-refractivity contribution in [2.75, 3.05) is 22.6 Å². The molecule has 0 aliphatic carbocycles. The highest BCUT2D eigenvalue weighted by atomic mass is 35.5. The van der Waals surface area contributed by atoms with Crippen molar-refractivity contribution in [2.24, 2.45) is 0 Å². The largest absolute Gasteiger partial charge is 0.399 e. The number of nitrogens with one attached hydrogen (secondary N) is 1. The number of rotatable bonds is 4. The summed E-state index contributed by atoms with van der Waals surface area (Å²) in [5.74, 6) is -1.09. The Morgan fingerprint density at radius 2 is 2.00 bits per heavy atom. The van der Waals surface area contributed by atoms with Gasteiger partial charge in [-0.3, -0.25) is 4.79 Å². The first-order valence-electron chi connectivity index (χ1n) is 5.20. The van der Waals surface area contributed by atoms with E-state index in [-0.39, 0.29) is 18.2 Å². The summed E-state index contributed by atoms with van der Waals surface area (Å²) < 4.78 is 22.5. The molecule has 0 spiro atoms. The van der Waals surface area contributed by atoms with Gasteiger partial charge in [-0.15, -0.1) is 12.4 Å². The molecule has 102 valence electrons. The van der Waals surface area contributed by atoms with Crippen LogP contribution in [0.3, 0.4) is 0 Å². The van der Waals surface area contributed by atoms with Gasteiger partial charge in [-0.05, 0) is 24.6 Å². The second-order valence-corrected chi connectivity index (χ2v) is 6.15. The average molecular weight is 293 g/mol. The van der Waals surface area contributed by atoms with E-state index in [4.69, 9.17) is 5.73 Å². The molecular weight excluding hydrogens is 276 g/mol. The molecule has 1 aromatic carbocycles. The van der Waals surface area contributed by atoms with E-state index in [1.54, 1.807) is 18.2 Å². The van der Waals surface area contributed by atoms with E-state index in [1.807, 2.05) is 6.92 Å². The minimum Gasteiger partial charge on any atom is -0.399 e. The molecule has 7 heteroatoms. The molecule has 1 aromatic rings. The summed E-state index contributed by atoms with van der Waals surface area (Å²) >= 11 is 0. The van der Waals surface area contributed by atoms with Crippen LogP contribution in [0, 0.1) is 6.92 Å². The van der Waals surface area contributed by atoms with Crippen molar-refractivity contribution < 1.29 is 13.2 Å². The minimum absolute atomic E-state index is 0. The van der Waals surface area contributed by atoms with Crippen molar-refractivity contribution in [3.63, 3.8) is 0 Å². The van der Waals surface area contributed by atoms with Gasteiger partial charge in [0, 0.05) is 17.1 Å². The topological polar surface area (TPSA) is 89.3 Å². The van der Waals surface area contributed by atoms with E-state index in [9.17, 15) is 13.2 Å². The van der Waals surface area contributed by atoms with E-state index in [1.165, 1.54) is 6.92 Å². The molecule has 0 unspecified atom stereocenters. The van der Waals surface area contributed by atoms with Gasteiger partial charge >= 0.3 is 0 Å². The predicted octanol–water partition coefficient (Wildman–Crippen LogP) is 1.37. The summed E-state index contributed by atoms with van der Waals surface area (Å²) in [7, 11) is -3.31. The number of sulfone groups is 1. The van der Waals surface area contributed by atoms with Crippen molar-refractivity contribution >= 4 is 39.5 Å². The number of hydrogen-bond donors (Lipinski definition) is 2. The Hall–Kier alpha value is -1.27. The van der Waals surface area contributed by atoms with Crippen LogP contribution in [0.15, 0.2) is 18.2 Å². The highest BCUT2D eigenvalue weighted by Crippen LogP contribution is 2.17. The third-order valence-corrected chi connectivity index (χ3v) is 3.91. The van der Waals surface area contributed by atoms with E-state index in [2.05, 4.69) is 5.32 Å². The lowest BCUT2D eigenvalue weighted by molar-refractivity contribution is -0.113. The molecule has 0 saturated heterocycles. The molecule has 0 bridgehead atoms. The number of carbonyl (C=O) groups excluding carboxylic acids is 1. The van der Waals surface area contributed by atoms with Crippen molar-refractivity contribution in [1.82, 2.24) is 0 Å². The second-order valence-electron chi connectivity index (χ2n) is 3.80. The summed E-state index contributed by atoms with van der Waals surface area (Å²) in [5.41, 5.74) is 7.48. The van der Waals surface area contributed by atoms with Crippen LogP contribution < -0.4 is 11.1 Å². The van der Waals surface area contributed by atoms with Crippen LogP contribution in [-0.4, -0.2) is 25.8 Å². The Kier molecular flexibility index (Phi) is 6.14. The molecule has 0 saturated carbocycles. The zero-order chi connectivity index (χ0) is 13.1. The average Bonchev–Trinajstić information content (AvgIpc) is 2.23. The molecule has 1 rings (SSSR count).